The first-order valence-corrected chi connectivity index (χ1v) is 12.5. The van der Waals surface area contributed by atoms with Crippen LogP contribution in [0.1, 0.15) is 46.4 Å². The van der Waals surface area contributed by atoms with E-state index in [4.69, 9.17) is 4.74 Å². The van der Waals surface area contributed by atoms with Crippen LogP contribution in [0.3, 0.4) is 0 Å². The zero-order valence-corrected chi connectivity index (χ0v) is 19.3. The molecule has 0 saturated heterocycles. The van der Waals surface area contributed by atoms with Crippen LogP contribution in [0.15, 0.2) is 29.1 Å². The maximum atomic E-state index is 12.6. The van der Waals surface area contributed by atoms with E-state index in [0.29, 0.717) is 29.5 Å². The van der Waals surface area contributed by atoms with E-state index in [1.165, 1.54) is 16.6 Å². The number of aromatic nitrogens is 2. The summed E-state index contributed by atoms with van der Waals surface area (Å²) in [7, 11) is 0. The van der Waals surface area contributed by atoms with Gasteiger partial charge in [-0.1, -0.05) is 0 Å². The largest absolute Gasteiger partial charge is 0.494 e. The second-order valence-corrected chi connectivity index (χ2v) is 9.43. The Morgan fingerprint density at radius 3 is 2.75 bits per heavy atom. The van der Waals surface area contributed by atoms with Crippen LogP contribution in [-0.2, 0) is 23.4 Å². The normalized spacial score (nSPS) is 12.9. The third kappa shape index (κ3) is 5.13. The zero-order chi connectivity index (χ0) is 22.5. The van der Waals surface area contributed by atoms with Gasteiger partial charge >= 0.3 is 0 Å². The summed E-state index contributed by atoms with van der Waals surface area (Å²) in [4.78, 5) is 46.3. The number of nitrogens with one attached hydrogen (secondary N) is 3. The second kappa shape index (κ2) is 10.2. The number of aryl methyl sites for hydroxylation is 2. The van der Waals surface area contributed by atoms with E-state index in [1.807, 2.05) is 6.92 Å². The molecule has 2 heterocycles. The highest BCUT2D eigenvalue weighted by molar-refractivity contribution is 7.99. The lowest BCUT2D eigenvalue weighted by Crippen LogP contribution is -2.42. The van der Waals surface area contributed by atoms with E-state index in [1.54, 1.807) is 35.6 Å². The molecule has 1 aliphatic rings. The molecule has 1 aliphatic carbocycles. The SMILES string of the molecule is CCOc1ccc(C(=O)NNC(=O)CSCc2nc3sc4c(c3c(=O)[nH]2)CCCC4)cc1. The Kier molecular flexibility index (Phi) is 7.11. The molecule has 3 N–H and O–H groups in total. The molecule has 0 fully saturated rings. The van der Waals surface area contributed by atoms with Crippen molar-refractivity contribution in [2.75, 3.05) is 12.4 Å². The number of carbonyl (C=O) groups is 2. The molecule has 1 aromatic carbocycles. The molecule has 0 spiro atoms. The Morgan fingerprint density at radius 2 is 1.97 bits per heavy atom. The van der Waals surface area contributed by atoms with Gasteiger partial charge in [-0.05, 0) is 62.4 Å². The number of fused-ring (bicyclic) bond motifs is 3. The first kappa shape index (κ1) is 22.3. The highest BCUT2D eigenvalue weighted by Crippen LogP contribution is 2.33. The van der Waals surface area contributed by atoms with Crippen LogP contribution < -0.4 is 21.1 Å². The van der Waals surface area contributed by atoms with Crippen molar-refractivity contribution in [1.29, 1.82) is 0 Å². The summed E-state index contributed by atoms with van der Waals surface area (Å²) >= 11 is 2.92. The number of benzene rings is 1. The van der Waals surface area contributed by atoms with Gasteiger partial charge in [0.15, 0.2) is 0 Å². The fourth-order valence-electron chi connectivity index (χ4n) is 3.62. The Hall–Kier alpha value is -2.85. The molecule has 2 amide bonds. The number of amides is 2. The number of hydrogen-bond acceptors (Lipinski definition) is 7. The lowest BCUT2D eigenvalue weighted by atomic mass is 9.97. The standard InChI is InChI=1S/C22H24N4O4S2/c1-2-30-14-9-7-13(8-10-14)20(28)26-25-18(27)12-31-11-17-23-21(29)19-15-5-3-4-6-16(15)32-22(19)24-17/h7-10H,2-6,11-12H2,1H3,(H,25,27)(H,26,28)(H,23,24,29). The van der Waals surface area contributed by atoms with Crippen molar-refractivity contribution in [2.45, 2.75) is 38.4 Å². The minimum Gasteiger partial charge on any atom is -0.494 e. The van der Waals surface area contributed by atoms with Crippen LogP contribution >= 0.6 is 23.1 Å². The number of thioether (sulfide) groups is 1. The quantitative estimate of drug-likeness (QED) is 0.456. The highest BCUT2D eigenvalue weighted by Gasteiger charge is 2.19. The Balaban J connectivity index is 1.27. The average Bonchev–Trinajstić information content (AvgIpc) is 3.17. The molecule has 0 bridgehead atoms. The lowest BCUT2D eigenvalue weighted by Gasteiger charge is -2.09. The van der Waals surface area contributed by atoms with Gasteiger partial charge in [0, 0.05) is 10.4 Å². The van der Waals surface area contributed by atoms with Gasteiger partial charge in [0.05, 0.1) is 23.5 Å². The maximum absolute atomic E-state index is 12.6. The molecular formula is C22H24N4O4S2. The molecular weight excluding hydrogens is 448 g/mol. The van der Waals surface area contributed by atoms with Crippen molar-refractivity contribution in [1.82, 2.24) is 20.8 Å². The number of rotatable bonds is 7. The van der Waals surface area contributed by atoms with Gasteiger partial charge in [0.2, 0.25) is 5.91 Å². The van der Waals surface area contributed by atoms with Crippen LogP contribution in [0, 0.1) is 0 Å². The van der Waals surface area contributed by atoms with Gasteiger partial charge in [-0.2, -0.15) is 0 Å². The second-order valence-electron chi connectivity index (χ2n) is 7.36. The molecule has 3 aromatic rings. The smallest absolute Gasteiger partial charge is 0.269 e. The van der Waals surface area contributed by atoms with Gasteiger partial charge in [0.1, 0.15) is 16.4 Å². The molecule has 0 unspecified atom stereocenters. The minimum atomic E-state index is -0.412. The molecule has 0 aliphatic heterocycles. The molecule has 0 radical (unpaired) electrons. The molecule has 4 rings (SSSR count). The summed E-state index contributed by atoms with van der Waals surface area (Å²) in [5.74, 6) is 0.989. The topological polar surface area (TPSA) is 113 Å². The van der Waals surface area contributed by atoms with Gasteiger partial charge in [0.25, 0.3) is 11.5 Å². The zero-order valence-electron chi connectivity index (χ0n) is 17.7. The summed E-state index contributed by atoms with van der Waals surface area (Å²) in [5, 5.41) is 0.730. The fourth-order valence-corrected chi connectivity index (χ4v) is 5.59. The van der Waals surface area contributed by atoms with Crippen LogP contribution in [-0.4, -0.2) is 34.1 Å². The monoisotopic (exact) mass is 472 g/mol. The summed E-state index contributed by atoms with van der Waals surface area (Å²) in [5.41, 5.74) is 6.27. The Labute approximate surface area is 193 Å². The molecule has 10 heteroatoms. The van der Waals surface area contributed by atoms with Gasteiger partial charge in [-0.25, -0.2) is 4.98 Å². The number of hydrogen-bond donors (Lipinski definition) is 3. The third-order valence-electron chi connectivity index (χ3n) is 5.09. The van der Waals surface area contributed by atoms with E-state index in [0.717, 1.165) is 41.5 Å². The van der Waals surface area contributed by atoms with E-state index in [9.17, 15) is 14.4 Å². The number of aromatic amines is 1. The molecule has 2 aromatic heterocycles. The number of thiophene rings is 1. The predicted octanol–water partition coefficient (Wildman–Crippen LogP) is 2.96. The van der Waals surface area contributed by atoms with E-state index in [2.05, 4.69) is 20.8 Å². The number of carbonyl (C=O) groups excluding carboxylic acids is 2. The number of ether oxygens (including phenoxy) is 1. The summed E-state index contributed by atoms with van der Waals surface area (Å²) in [6, 6.07) is 6.65. The fraction of sp³-hybridized carbons (Fsp3) is 0.364. The number of hydrazine groups is 1. The Morgan fingerprint density at radius 1 is 1.19 bits per heavy atom. The summed E-state index contributed by atoms with van der Waals surface area (Å²) < 4.78 is 5.34. The minimum absolute atomic E-state index is 0.0999. The summed E-state index contributed by atoms with van der Waals surface area (Å²) in [6.45, 7) is 2.43. The van der Waals surface area contributed by atoms with Crippen LogP contribution in [0.25, 0.3) is 10.2 Å². The first-order chi connectivity index (χ1) is 15.5. The van der Waals surface area contributed by atoms with Crippen molar-refractivity contribution in [3.63, 3.8) is 0 Å². The lowest BCUT2D eigenvalue weighted by molar-refractivity contribution is -0.119. The van der Waals surface area contributed by atoms with Crippen LogP contribution in [0.5, 0.6) is 5.75 Å². The van der Waals surface area contributed by atoms with Crippen molar-refractivity contribution in [3.8, 4) is 5.75 Å². The van der Waals surface area contributed by atoms with Gasteiger partial charge in [-0.15, -0.1) is 23.1 Å². The molecule has 0 atom stereocenters. The number of H-pyrrole nitrogens is 1. The maximum Gasteiger partial charge on any atom is 0.269 e. The predicted molar refractivity (Wildman–Crippen MR) is 126 cm³/mol. The summed E-state index contributed by atoms with van der Waals surface area (Å²) in [6.07, 6.45) is 4.23. The Bertz CT molecular complexity index is 1190. The van der Waals surface area contributed by atoms with E-state index >= 15 is 0 Å². The van der Waals surface area contributed by atoms with Crippen LogP contribution in [0.2, 0.25) is 0 Å². The third-order valence-corrected chi connectivity index (χ3v) is 7.22. The molecule has 8 nitrogen and oxygen atoms in total. The van der Waals surface area contributed by atoms with Gasteiger partial charge in [-0.3, -0.25) is 25.2 Å². The van der Waals surface area contributed by atoms with Crippen molar-refractivity contribution in [3.05, 3.63) is 56.4 Å². The molecule has 32 heavy (non-hydrogen) atoms. The molecule has 0 saturated carbocycles. The van der Waals surface area contributed by atoms with E-state index in [-0.39, 0.29) is 17.2 Å². The number of nitrogens with zero attached hydrogens (tertiary/aromatic N) is 1. The highest BCUT2D eigenvalue weighted by atomic mass is 32.2. The van der Waals surface area contributed by atoms with Gasteiger partial charge < -0.3 is 9.72 Å². The molecule has 168 valence electrons. The van der Waals surface area contributed by atoms with Crippen molar-refractivity contribution >= 4 is 45.1 Å². The van der Waals surface area contributed by atoms with Crippen molar-refractivity contribution < 1.29 is 14.3 Å². The van der Waals surface area contributed by atoms with E-state index < -0.39 is 5.91 Å². The van der Waals surface area contributed by atoms with Crippen LogP contribution in [0.4, 0.5) is 0 Å². The van der Waals surface area contributed by atoms with Crippen molar-refractivity contribution in [2.24, 2.45) is 0 Å². The first-order valence-electron chi connectivity index (χ1n) is 10.5. The average molecular weight is 473 g/mol.